The lowest BCUT2D eigenvalue weighted by Gasteiger charge is -2.35. The predicted molar refractivity (Wildman–Crippen MR) is 79.0 cm³/mol. The number of hydrogen-bond acceptors (Lipinski definition) is 4. The molecule has 2 N–H and O–H groups in total. The fourth-order valence-corrected chi connectivity index (χ4v) is 2.73. The Hall–Kier alpha value is -1.10. The fraction of sp³-hybridized carbons (Fsp3) is 0.625. The second kappa shape index (κ2) is 7.62. The molecular weight excluding hydrogens is 254 g/mol. The maximum Gasteiger partial charge on any atom is 0.122 e. The zero-order valence-electron chi connectivity index (χ0n) is 12.2. The van der Waals surface area contributed by atoms with Crippen LogP contribution in [0.4, 0.5) is 0 Å². The molecule has 112 valence electrons. The van der Waals surface area contributed by atoms with Crippen molar-refractivity contribution < 1.29 is 14.9 Å². The van der Waals surface area contributed by atoms with Crippen LogP contribution in [0, 0.1) is 6.92 Å². The topological polar surface area (TPSA) is 52.9 Å². The summed E-state index contributed by atoms with van der Waals surface area (Å²) in [6.07, 6.45) is 2.79. The van der Waals surface area contributed by atoms with Gasteiger partial charge in [0.2, 0.25) is 0 Å². The van der Waals surface area contributed by atoms with Gasteiger partial charge in [-0.05, 0) is 37.9 Å². The summed E-state index contributed by atoms with van der Waals surface area (Å²) < 4.78 is 5.67. The average molecular weight is 279 g/mol. The van der Waals surface area contributed by atoms with Gasteiger partial charge in [-0.25, -0.2) is 0 Å². The number of aliphatic hydroxyl groups is 2. The van der Waals surface area contributed by atoms with Gasteiger partial charge < -0.3 is 14.9 Å². The number of hydrogen-bond donors (Lipinski definition) is 2. The number of aliphatic hydroxyl groups excluding tert-OH is 2. The first-order chi connectivity index (χ1) is 9.70. The molecule has 0 aliphatic carbocycles. The average Bonchev–Trinajstić information content (AvgIpc) is 2.47. The molecule has 1 heterocycles. The summed E-state index contributed by atoms with van der Waals surface area (Å²) in [6, 6.07) is 8.00. The van der Waals surface area contributed by atoms with Gasteiger partial charge in [0.25, 0.3) is 0 Å². The molecule has 0 bridgehead atoms. The molecule has 2 rings (SSSR count). The zero-order chi connectivity index (χ0) is 14.4. The largest absolute Gasteiger partial charge is 0.491 e. The fourth-order valence-electron chi connectivity index (χ4n) is 2.73. The van der Waals surface area contributed by atoms with E-state index in [1.807, 2.05) is 31.2 Å². The van der Waals surface area contributed by atoms with Crippen molar-refractivity contribution in [2.75, 3.05) is 26.3 Å². The zero-order valence-corrected chi connectivity index (χ0v) is 12.2. The van der Waals surface area contributed by atoms with Crippen molar-refractivity contribution in [3.05, 3.63) is 29.8 Å². The molecule has 2 atom stereocenters. The van der Waals surface area contributed by atoms with Gasteiger partial charge >= 0.3 is 0 Å². The highest BCUT2D eigenvalue weighted by Crippen LogP contribution is 2.18. The van der Waals surface area contributed by atoms with Gasteiger partial charge in [-0.2, -0.15) is 0 Å². The Balaban J connectivity index is 1.80. The van der Waals surface area contributed by atoms with E-state index in [-0.39, 0.29) is 12.6 Å². The van der Waals surface area contributed by atoms with E-state index in [4.69, 9.17) is 4.74 Å². The minimum atomic E-state index is -0.526. The molecule has 20 heavy (non-hydrogen) atoms. The lowest BCUT2D eigenvalue weighted by Crippen LogP contribution is -2.46. The Morgan fingerprint density at radius 3 is 2.90 bits per heavy atom. The molecule has 2 unspecified atom stereocenters. The SMILES string of the molecule is Cc1ccccc1OCC(O)CN1CCCCC1CO. The number of aryl methyl sites for hydroxylation is 1. The van der Waals surface area contributed by atoms with Gasteiger partial charge in [0.05, 0.1) is 6.61 Å². The first-order valence-electron chi connectivity index (χ1n) is 7.42. The highest BCUT2D eigenvalue weighted by molar-refractivity contribution is 5.31. The van der Waals surface area contributed by atoms with Gasteiger partial charge in [-0.15, -0.1) is 0 Å². The Kier molecular flexibility index (Phi) is 5.83. The standard InChI is InChI=1S/C16H25NO3/c1-13-6-2-3-8-16(13)20-12-15(19)10-17-9-5-4-7-14(17)11-18/h2-3,6,8,14-15,18-19H,4-5,7,9-12H2,1H3. The maximum atomic E-state index is 10.1. The van der Waals surface area contributed by atoms with Gasteiger partial charge in [0, 0.05) is 12.6 Å². The van der Waals surface area contributed by atoms with E-state index in [9.17, 15) is 10.2 Å². The van der Waals surface area contributed by atoms with Crippen molar-refractivity contribution in [1.29, 1.82) is 0 Å². The first-order valence-corrected chi connectivity index (χ1v) is 7.42. The van der Waals surface area contributed by atoms with Gasteiger partial charge in [-0.1, -0.05) is 24.6 Å². The third-order valence-electron chi connectivity index (χ3n) is 3.93. The molecule has 1 saturated heterocycles. The summed E-state index contributed by atoms with van der Waals surface area (Å²) in [6.45, 7) is 3.97. The van der Waals surface area contributed by atoms with Crippen LogP contribution in [0.1, 0.15) is 24.8 Å². The lowest BCUT2D eigenvalue weighted by molar-refractivity contribution is 0.0231. The molecule has 1 aliphatic rings. The predicted octanol–water partition coefficient (Wildman–Crippen LogP) is 1.58. The molecule has 1 fully saturated rings. The molecule has 4 heteroatoms. The number of ether oxygens (including phenoxy) is 1. The van der Waals surface area contributed by atoms with Gasteiger partial charge in [0.1, 0.15) is 18.5 Å². The van der Waals surface area contributed by atoms with Gasteiger partial charge in [0.15, 0.2) is 0 Å². The van der Waals surface area contributed by atoms with Crippen molar-refractivity contribution in [1.82, 2.24) is 4.90 Å². The van der Waals surface area contributed by atoms with E-state index < -0.39 is 6.10 Å². The molecule has 0 aromatic heterocycles. The van der Waals surface area contributed by atoms with E-state index >= 15 is 0 Å². The van der Waals surface area contributed by atoms with Crippen molar-refractivity contribution in [3.8, 4) is 5.75 Å². The lowest BCUT2D eigenvalue weighted by atomic mass is 10.0. The number of β-amino-alcohol motifs (C(OH)–C–C–N with tert-alkyl or cyclic N) is 1. The Morgan fingerprint density at radius 2 is 2.15 bits per heavy atom. The summed E-state index contributed by atoms with van der Waals surface area (Å²) in [7, 11) is 0. The number of likely N-dealkylation sites (tertiary alicyclic amines) is 1. The normalized spacial score (nSPS) is 21.6. The van der Waals surface area contributed by atoms with Crippen molar-refractivity contribution >= 4 is 0 Å². The minimum Gasteiger partial charge on any atom is -0.491 e. The smallest absolute Gasteiger partial charge is 0.122 e. The second-order valence-corrected chi connectivity index (χ2v) is 5.56. The Morgan fingerprint density at radius 1 is 1.35 bits per heavy atom. The Labute approximate surface area is 121 Å². The third-order valence-corrected chi connectivity index (χ3v) is 3.93. The number of piperidine rings is 1. The number of benzene rings is 1. The quantitative estimate of drug-likeness (QED) is 0.830. The van der Waals surface area contributed by atoms with Crippen molar-refractivity contribution in [2.24, 2.45) is 0 Å². The van der Waals surface area contributed by atoms with Crippen LogP contribution >= 0.6 is 0 Å². The van der Waals surface area contributed by atoms with E-state index in [1.165, 1.54) is 0 Å². The van der Waals surface area contributed by atoms with Crippen LogP contribution in [-0.4, -0.2) is 53.6 Å². The summed E-state index contributed by atoms with van der Waals surface area (Å²) in [5, 5.41) is 19.5. The van der Waals surface area contributed by atoms with Gasteiger partial charge in [-0.3, -0.25) is 4.90 Å². The van der Waals surface area contributed by atoms with Crippen molar-refractivity contribution in [3.63, 3.8) is 0 Å². The number of para-hydroxylation sites is 1. The van der Waals surface area contributed by atoms with Crippen LogP contribution in [0.5, 0.6) is 5.75 Å². The van der Waals surface area contributed by atoms with Crippen LogP contribution in [0.2, 0.25) is 0 Å². The monoisotopic (exact) mass is 279 g/mol. The molecular formula is C16H25NO3. The molecule has 1 aromatic carbocycles. The highest BCUT2D eigenvalue weighted by Gasteiger charge is 2.23. The van der Waals surface area contributed by atoms with E-state index in [0.29, 0.717) is 13.2 Å². The second-order valence-electron chi connectivity index (χ2n) is 5.56. The number of nitrogens with zero attached hydrogens (tertiary/aromatic N) is 1. The summed E-state index contributed by atoms with van der Waals surface area (Å²) >= 11 is 0. The van der Waals surface area contributed by atoms with E-state index in [0.717, 1.165) is 37.1 Å². The maximum absolute atomic E-state index is 10.1. The Bertz CT molecular complexity index is 410. The molecule has 0 spiro atoms. The summed E-state index contributed by atoms with van der Waals surface area (Å²) in [5.74, 6) is 0.823. The first kappa shape index (κ1) is 15.3. The van der Waals surface area contributed by atoms with E-state index in [1.54, 1.807) is 0 Å². The molecule has 1 aromatic rings. The van der Waals surface area contributed by atoms with Crippen molar-refractivity contribution in [2.45, 2.75) is 38.3 Å². The highest BCUT2D eigenvalue weighted by atomic mass is 16.5. The number of rotatable bonds is 6. The summed E-state index contributed by atoms with van der Waals surface area (Å²) in [4.78, 5) is 2.18. The molecule has 0 saturated carbocycles. The molecule has 4 nitrogen and oxygen atoms in total. The molecule has 1 aliphatic heterocycles. The third kappa shape index (κ3) is 4.20. The molecule has 0 radical (unpaired) electrons. The van der Waals surface area contributed by atoms with Crippen LogP contribution in [0.25, 0.3) is 0 Å². The summed E-state index contributed by atoms with van der Waals surface area (Å²) in [5.41, 5.74) is 1.07. The van der Waals surface area contributed by atoms with Crippen LogP contribution in [0.15, 0.2) is 24.3 Å². The van der Waals surface area contributed by atoms with Crippen LogP contribution in [-0.2, 0) is 0 Å². The van der Waals surface area contributed by atoms with E-state index in [2.05, 4.69) is 4.90 Å². The minimum absolute atomic E-state index is 0.172. The molecule has 0 amide bonds. The van der Waals surface area contributed by atoms with Crippen LogP contribution in [0.3, 0.4) is 0 Å². The van der Waals surface area contributed by atoms with Crippen LogP contribution < -0.4 is 4.74 Å².